The number of nitrogens with one attached hydrogen (secondary N) is 1. The van der Waals surface area contributed by atoms with Gasteiger partial charge in [-0.2, -0.15) is 0 Å². The lowest BCUT2D eigenvalue weighted by atomic mass is 10.1. The lowest BCUT2D eigenvalue weighted by molar-refractivity contribution is 0.0958. The second-order valence-corrected chi connectivity index (χ2v) is 7.70. The number of nitrogens with zero attached hydrogens (tertiary/aromatic N) is 3. The van der Waals surface area contributed by atoms with Crippen LogP contribution in [0.3, 0.4) is 0 Å². The predicted molar refractivity (Wildman–Crippen MR) is 118 cm³/mol. The van der Waals surface area contributed by atoms with Crippen LogP contribution in [0.5, 0.6) is 11.5 Å². The Morgan fingerprint density at radius 2 is 1.90 bits per heavy atom. The fourth-order valence-corrected chi connectivity index (χ4v) is 4.24. The van der Waals surface area contributed by atoms with E-state index in [1.807, 2.05) is 48.7 Å². The second-order valence-electron chi connectivity index (χ2n) is 6.69. The molecule has 0 aliphatic carbocycles. The summed E-state index contributed by atoms with van der Waals surface area (Å²) in [6.07, 6.45) is 3.58. The number of hydrogen-bond donors (Lipinski definition) is 2. The van der Waals surface area contributed by atoms with Gasteiger partial charge in [-0.1, -0.05) is 23.5 Å². The van der Waals surface area contributed by atoms with E-state index in [4.69, 9.17) is 15.5 Å². The van der Waals surface area contributed by atoms with Gasteiger partial charge in [0.15, 0.2) is 4.96 Å². The second kappa shape index (κ2) is 7.16. The number of anilines is 1. The van der Waals surface area contributed by atoms with Crippen LogP contribution in [0.4, 0.5) is 5.69 Å². The summed E-state index contributed by atoms with van der Waals surface area (Å²) in [5, 5.41) is 2.56. The predicted octanol–water partition coefficient (Wildman–Crippen LogP) is 4.35. The number of benzene rings is 2. The van der Waals surface area contributed by atoms with Crippen LogP contribution in [0.25, 0.3) is 26.4 Å². The smallest absolute Gasteiger partial charge is 0.269 e. The molecule has 0 saturated carbocycles. The zero-order chi connectivity index (χ0) is 20.7. The quantitative estimate of drug-likeness (QED) is 0.426. The molecule has 1 amide bonds. The summed E-state index contributed by atoms with van der Waals surface area (Å²) < 4.78 is 9.07. The van der Waals surface area contributed by atoms with Crippen molar-refractivity contribution in [2.75, 3.05) is 12.8 Å². The van der Waals surface area contributed by atoms with Crippen LogP contribution in [0.1, 0.15) is 10.5 Å². The number of amides is 1. The van der Waals surface area contributed by atoms with E-state index in [0.717, 1.165) is 32.1 Å². The van der Waals surface area contributed by atoms with E-state index in [1.165, 1.54) is 0 Å². The maximum Gasteiger partial charge on any atom is 0.269 e. The van der Waals surface area contributed by atoms with Gasteiger partial charge in [-0.3, -0.25) is 14.2 Å². The molecule has 0 aliphatic rings. The number of thiazole rings is 1. The first-order valence-corrected chi connectivity index (χ1v) is 10.1. The van der Waals surface area contributed by atoms with Crippen LogP contribution in [-0.4, -0.2) is 27.3 Å². The third-order valence-corrected chi connectivity index (χ3v) is 5.72. The highest BCUT2D eigenvalue weighted by atomic mass is 32.1. The third-order valence-electron chi connectivity index (χ3n) is 4.70. The summed E-state index contributed by atoms with van der Waals surface area (Å²) in [6, 6.07) is 16.9. The molecule has 0 saturated heterocycles. The molecule has 0 bridgehead atoms. The van der Waals surface area contributed by atoms with Crippen molar-refractivity contribution in [1.82, 2.24) is 19.7 Å². The molecule has 148 valence electrons. The normalized spacial score (nSPS) is 11.1. The van der Waals surface area contributed by atoms with Crippen LogP contribution >= 0.6 is 11.3 Å². The molecule has 3 N–H and O–H groups in total. The topological polar surface area (TPSA) is 94.5 Å². The van der Waals surface area contributed by atoms with Gasteiger partial charge in [-0.15, -0.1) is 0 Å². The standard InChI is InChI=1S/C22H17N5O2S/c1-24-21(28)17-10-16(8-9-25-17)29-15-6-7-19-20(11-15)30-22-26-18(12-27(19)22)13-2-4-14(23)5-3-13/h2-12H,23H2,1H3,(H,24,28). The summed E-state index contributed by atoms with van der Waals surface area (Å²) in [4.78, 5) is 21.5. The molecular formula is C22H17N5O2S. The first-order valence-electron chi connectivity index (χ1n) is 9.24. The minimum Gasteiger partial charge on any atom is -0.457 e. The van der Waals surface area contributed by atoms with E-state index in [9.17, 15) is 4.79 Å². The Morgan fingerprint density at radius 1 is 1.10 bits per heavy atom. The van der Waals surface area contributed by atoms with Crippen molar-refractivity contribution < 1.29 is 9.53 Å². The number of carbonyl (C=O) groups excluding carboxylic acids is 1. The van der Waals surface area contributed by atoms with Crippen molar-refractivity contribution in [3.05, 3.63) is 72.7 Å². The number of rotatable bonds is 4. The minimum absolute atomic E-state index is 0.257. The Bertz CT molecular complexity index is 1390. The van der Waals surface area contributed by atoms with Crippen LogP contribution in [-0.2, 0) is 0 Å². The molecule has 3 heterocycles. The van der Waals surface area contributed by atoms with E-state index in [-0.39, 0.29) is 5.91 Å². The third kappa shape index (κ3) is 3.23. The number of carbonyl (C=O) groups is 1. The van der Waals surface area contributed by atoms with E-state index in [2.05, 4.69) is 14.7 Å². The first-order chi connectivity index (χ1) is 14.6. The molecule has 5 aromatic rings. The molecule has 7 nitrogen and oxygen atoms in total. The molecule has 8 heteroatoms. The maximum atomic E-state index is 11.8. The van der Waals surface area contributed by atoms with Gasteiger partial charge >= 0.3 is 0 Å². The van der Waals surface area contributed by atoms with Crippen molar-refractivity contribution in [3.8, 4) is 22.8 Å². The van der Waals surface area contributed by atoms with Crippen LogP contribution in [0.2, 0.25) is 0 Å². The average Bonchev–Trinajstić information content (AvgIpc) is 3.31. The van der Waals surface area contributed by atoms with Gasteiger partial charge in [0.05, 0.1) is 15.9 Å². The highest BCUT2D eigenvalue weighted by molar-refractivity contribution is 7.23. The first kappa shape index (κ1) is 18.1. The molecule has 0 radical (unpaired) electrons. The summed E-state index contributed by atoms with van der Waals surface area (Å²) in [6.45, 7) is 0. The van der Waals surface area contributed by atoms with E-state index in [1.54, 1.807) is 36.7 Å². The van der Waals surface area contributed by atoms with Crippen molar-refractivity contribution in [2.24, 2.45) is 0 Å². The Hall–Kier alpha value is -3.91. The van der Waals surface area contributed by atoms with Gasteiger partial charge in [0.2, 0.25) is 0 Å². The fourth-order valence-electron chi connectivity index (χ4n) is 3.20. The number of fused-ring (bicyclic) bond motifs is 3. The number of ether oxygens (including phenoxy) is 1. The summed E-state index contributed by atoms with van der Waals surface area (Å²) in [5.74, 6) is 0.974. The van der Waals surface area contributed by atoms with Crippen molar-refractivity contribution in [3.63, 3.8) is 0 Å². The number of nitrogens with two attached hydrogens (primary N) is 1. The highest BCUT2D eigenvalue weighted by Gasteiger charge is 2.12. The van der Waals surface area contributed by atoms with Gasteiger partial charge in [0.1, 0.15) is 17.2 Å². The molecule has 0 atom stereocenters. The molecule has 3 aromatic heterocycles. The molecule has 30 heavy (non-hydrogen) atoms. The van der Waals surface area contributed by atoms with Gasteiger partial charge < -0.3 is 15.8 Å². The molecular weight excluding hydrogens is 398 g/mol. The fraction of sp³-hybridized carbons (Fsp3) is 0.0455. The molecule has 2 aromatic carbocycles. The monoisotopic (exact) mass is 415 g/mol. The number of pyridine rings is 1. The largest absolute Gasteiger partial charge is 0.457 e. The van der Waals surface area contributed by atoms with E-state index < -0.39 is 0 Å². The number of imidazole rings is 1. The van der Waals surface area contributed by atoms with Crippen molar-refractivity contribution >= 4 is 38.1 Å². The SMILES string of the molecule is CNC(=O)c1cc(Oc2ccc3c(c2)sc2nc(-c4ccc(N)cc4)cn23)ccn1. The van der Waals surface area contributed by atoms with E-state index >= 15 is 0 Å². The van der Waals surface area contributed by atoms with Gasteiger partial charge in [0.25, 0.3) is 5.91 Å². The van der Waals surface area contributed by atoms with Crippen LogP contribution in [0.15, 0.2) is 67.0 Å². The highest BCUT2D eigenvalue weighted by Crippen LogP contribution is 2.33. The number of nitrogen functional groups attached to an aromatic ring is 1. The summed E-state index contributed by atoms with van der Waals surface area (Å²) in [5.41, 5.74) is 9.80. The van der Waals surface area contributed by atoms with Gasteiger partial charge in [0, 0.05) is 42.8 Å². The average molecular weight is 415 g/mol. The lowest BCUT2D eigenvalue weighted by Gasteiger charge is -2.07. The lowest BCUT2D eigenvalue weighted by Crippen LogP contribution is -2.18. The van der Waals surface area contributed by atoms with Crippen LogP contribution in [0, 0.1) is 0 Å². The molecule has 0 spiro atoms. The van der Waals surface area contributed by atoms with E-state index in [0.29, 0.717) is 17.2 Å². The zero-order valence-corrected chi connectivity index (χ0v) is 16.8. The van der Waals surface area contributed by atoms with Crippen molar-refractivity contribution in [1.29, 1.82) is 0 Å². The minimum atomic E-state index is -0.257. The zero-order valence-electron chi connectivity index (χ0n) is 16.0. The summed E-state index contributed by atoms with van der Waals surface area (Å²) >= 11 is 1.59. The van der Waals surface area contributed by atoms with Gasteiger partial charge in [-0.25, -0.2) is 4.98 Å². The maximum absolute atomic E-state index is 11.8. The number of hydrogen-bond acceptors (Lipinski definition) is 6. The Kier molecular flexibility index (Phi) is 4.33. The molecule has 0 unspecified atom stereocenters. The summed E-state index contributed by atoms with van der Waals surface area (Å²) in [7, 11) is 1.57. The van der Waals surface area contributed by atoms with Gasteiger partial charge in [-0.05, 0) is 30.3 Å². The molecule has 0 fully saturated rings. The molecule has 0 aliphatic heterocycles. The molecule has 5 rings (SSSR count). The Labute approximate surface area is 175 Å². The van der Waals surface area contributed by atoms with Crippen LogP contribution < -0.4 is 15.8 Å². The number of aromatic nitrogens is 3. The Balaban J connectivity index is 1.46. The van der Waals surface area contributed by atoms with Crippen molar-refractivity contribution in [2.45, 2.75) is 0 Å². The Morgan fingerprint density at radius 3 is 2.70 bits per heavy atom.